The Morgan fingerprint density at radius 3 is 3.00 bits per heavy atom. The Morgan fingerprint density at radius 1 is 1.44 bits per heavy atom. The van der Waals surface area contributed by atoms with Gasteiger partial charge < -0.3 is 5.32 Å². The van der Waals surface area contributed by atoms with Crippen molar-refractivity contribution in [3.8, 4) is 0 Å². The van der Waals surface area contributed by atoms with Gasteiger partial charge in [-0.05, 0) is 18.9 Å². The SMILES string of the molecule is CC(CBr)C(C)Nc1ccn2nccc2n1. The van der Waals surface area contributed by atoms with E-state index in [-0.39, 0.29) is 0 Å². The van der Waals surface area contributed by atoms with Crippen LogP contribution in [0.3, 0.4) is 0 Å². The van der Waals surface area contributed by atoms with Gasteiger partial charge in [0.1, 0.15) is 5.82 Å². The van der Waals surface area contributed by atoms with Gasteiger partial charge in [0.2, 0.25) is 0 Å². The van der Waals surface area contributed by atoms with Crippen molar-refractivity contribution >= 4 is 27.4 Å². The molecule has 0 aromatic carbocycles. The molecule has 2 heterocycles. The van der Waals surface area contributed by atoms with E-state index in [1.807, 2.05) is 18.3 Å². The van der Waals surface area contributed by atoms with Gasteiger partial charge in [-0.1, -0.05) is 22.9 Å². The predicted octanol–water partition coefficient (Wildman–Crippen LogP) is 2.56. The van der Waals surface area contributed by atoms with Crippen LogP contribution in [0.2, 0.25) is 0 Å². The molecule has 0 aliphatic heterocycles. The summed E-state index contributed by atoms with van der Waals surface area (Å²) in [5.41, 5.74) is 0.865. The van der Waals surface area contributed by atoms with Gasteiger partial charge in [0.15, 0.2) is 5.65 Å². The third-order valence-corrected chi connectivity index (χ3v) is 3.75. The van der Waals surface area contributed by atoms with Gasteiger partial charge >= 0.3 is 0 Å². The van der Waals surface area contributed by atoms with Crippen molar-refractivity contribution in [2.24, 2.45) is 5.92 Å². The predicted molar refractivity (Wildman–Crippen MR) is 69.0 cm³/mol. The minimum absolute atomic E-state index is 0.386. The lowest BCUT2D eigenvalue weighted by Crippen LogP contribution is -2.25. The minimum Gasteiger partial charge on any atom is -0.367 e. The maximum Gasteiger partial charge on any atom is 0.157 e. The summed E-state index contributed by atoms with van der Waals surface area (Å²) in [5.74, 6) is 1.45. The molecule has 2 unspecified atom stereocenters. The zero-order valence-electron chi connectivity index (χ0n) is 9.39. The molecule has 1 N–H and O–H groups in total. The molecule has 0 radical (unpaired) electrons. The number of alkyl halides is 1. The highest BCUT2D eigenvalue weighted by molar-refractivity contribution is 9.09. The van der Waals surface area contributed by atoms with E-state index in [4.69, 9.17) is 0 Å². The monoisotopic (exact) mass is 282 g/mol. The van der Waals surface area contributed by atoms with Crippen LogP contribution in [-0.4, -0.2) is 26.0 Å². The van der Waals surface area contributed by atoms with E-state index < -0.39 is 0 Å². The average Bonchev–Trinajstić information content (AvgIpc) is 2.75. The number of anilines is 1. The molecular weight excluding hydrogens is 268 g/mol. The Balaban J connectivity index is 2.14. The van der Waals surface area contributed by atoms with Crippen molar-refractivity contribution in [2.75, 3.05) is 10.6 Å². The lowest BCUT2D eigenvalue weighted by molar-refractivity contribution is 0.570. The Kier molecular flexibility index (Phi) is 3.43. The van der Waals surface area contributed by atoms with Crippen LogP contribution >= 0.6 is 15.9 Å². The average molecular weight is 283 g/mol. The lowest BCUT2D eigenvalue weighted by atomic mass is 10.1. The molecule has 0 aliphatic carbocycles. The highest BCUT2D eigenvalue weighted by atomic mass is 79.9. The second-order valence-electron chi connectivity index (χ2n) is 4.01. The Morgan fingerprint density at radius 2 is 2.25 bits per heavy atom. The third kappa shape index (κ3) is 2.35. The highest BCUT2D eigenvalue weighted by Gasteiger charge is 2.11. The fourth-order valence-corrected chi connectivity index (χ4v) is 1.96. The maximum atomic E-state index is 4.47. The quantitative estimate of drug-likeness (QED) is 0.877. The Labute approximate surface area is 103 Å². The summed E-state index contributed by atoms with van der Waals surface area (Å²) < 4.78 is 1.75. The van der Waals surface area contributed by atoms with E-state index in [2.05, 4.69) is 45.2 Å². The molecule has 16 heavy (non-hydrogen) atoms. The molecule has 0 saturated carbocycles. The Bertz CT molecular complexity index is 468. The van der Waals surface area contributed by atoms with Crippen molar-refractivity contribution in [3.05, 3.63) is 24.5 Å². The van der Waals surface area contributed by atoms with E-state index >= 15 is 0 Å². The number of halogens is 1. The van der Waals surface area contributed by atoms with Gasteiger partial charge in [-0.3, -0.25) is 0 Å². The van der Waals surface area contributed by atoms with Crippen molar-refractivity contribution in [3.63, 3.8) is 0 Å². The van der Waals surface area contributed by atoms with Gasteiger partial charge in [-0.15, -0.1) is 0 Å². The summed E-state index contributed by atoms with van der Waals surface area (Å²) in [5, 5.41) is 8.48. The molecule has 0 saturated heterocycles. The highest BCUT2D eigenvalue weighted by Crippen LogP contribution is 2.13. The molecule has 2 atom stereocenters. The second-order valence-corrected chi connectivity index (χ2v) is 4.66. The summed E-state index contributed by atoms with van der Waals surface area (Å²) in [6, 6.07) is 4.22. The largest absolute Gasteiger partial charge is 0.367 e. The summed E-state index contributed by atoms with van der Waals surface area (Å²) in [4.78, 5) is 4.47. The van der Waals surface area contributed by atoms with Gasteiger partial charge in [0.25, 0.3) is 0 Å². The number of hydrogen-bond acceptors (Lipinski definition) is 3. The topological polar surface area (TPSA) is 42.2 Å². The molecule has 0 fully saturated rings. The molecule has 5 heteroatoms. The summed E-state index contributed by atoms with van der Waals surface area (Å²) in [6.45, 7) is 4.36. The molecule has 4 nitrogen and oxygen atoms in total. The molecule has 2 rings (SSSR count). The number of nitrogens with zero attached hydrogens (tertiary/aromatic N) is 3. The Hall–Kier alpha value is -1.10. The van der Waals surface area contributed by atoms with Crippen molar-refractivity contribution in [1.82, 2.24) is 14.6 Å². The van der Waals surface area contributed by atoms with Crippen LogP contribution in [0.25, 0.3) is 5.65 Å². The smallest absolute Gasteiger partial charge is 0.157 e. The molecular formula is C11H15BrN4. The van der Waals surface area contributed by atoms with Crippen LogP contribution in [0.4, 0.5) is 5.82 Å². The maximum absolute atomic E-state index is 4.47. The van der Waals surface area contributed by atoms with Gasteiger partial charge in [0, 0.05) is 23.6 Å². The zero-order chi connectivity index (χ0) is 11.5. The molecule has 0 bridgehead atoms. The molecule has 2 aromatic rings. The van der Waals surface area contributed by atoms with Crippen LogP contribution in [0.15, 0.2) is 24.5 Å². The van der Waals surface area contributed by atoms with Gasteiger partial charge in [-0.25, -0.2) is 9.50 Å². The van der Waals surface area contributed by atoms with Crippen LogP contribution in [-0.2, 0) is 0 Å². The number of fused-ring (bicyclic) bond motifs is 1. The van der Waals surface area contributed by atoms with Crippen LogP contribution < -0.4 is 5.32 Å². The molecule has 0 spiro atoms. The first kappa shape index (κ1) is 11.4. The molecule has 0 aliphatic rings. The molecule has 0 amide bonds. The zero-order valence-corrected chi connectivity index (χ0v) is 11.0. The summed E-state index contributed by atoms with van der Waals surface area (Å²) in [6.07, 6.45) is 3.66. The molecule has 86 valence electrons. The lowest BCUT2D eigenvalue weighted by Gasteiger charge is -2.19. The first-order valence-corrected chi connectivity index (χ1v) is 6.45. The summed E-state index contributed by atoms with van der Waals surface area (Å²) >= 11 is 3.49. The summed E-state index contributed by atoms with van der Waals surface area (Å²) in [7, 11) is 0. The number of aromatic nitrogens is 3. The van der Waals surface area contributed by atoms with Crippen molar-refractivity contribution in [2.45, 2.75) is 19.9 Å². The van der Waals surface area contributed by atoms with Crippen LogP contribution in [0.1, 0.15) is 13.8 Å². The second kappa shape index (κ2) is 4.82. The normalized spacial score (nSPS) is 14.9. The number of nitrogens with one attached hydrogen (secondary N) is 1. The fourth-order valence-electron chi connectivity index (χ4n) is 1.40. The standard InChI is InChI=1S/C11H15BrN4/c1-8(7-12)9(2)14-10-4-6-16-11(15-10)3-5-13-16/h3-6,8-9H,7H2,1-2H3,(H,14,15). The van der Waals surface area contributed by atoms with Crippen LogP contribution in [0.5, 0.6) is 0 Å². The first-order valence-electron chi connectivity index (χ1n) is 5.33. The number of rotatable bonds is 4. The van der Waals surface area contributed by atoms with E-state index in [1.54, 1.807) is 10.7 Å². The van der Waals surface area contributed by atoms with Crippen molar-refractivity contribution < 1.29 is 0 Å². The first-order chi connectivity index (χ1) is 7.70. The van der Waals surface area contributed by atoms with E-state index in [0.29, 0.717) is 12.0 Å². The fraction of sp³-hybridized carbons (Fsp3) is 0.455. The third-order valence-electron chi connectivity index (χ3n) is 2.73. The van der Waals surface area contributed by atoms with E-state index in [9.17, 15) is 0 Å². The van der Waals surface area contributed by atoms with Gasteiger partial charge in [0.05, 0.1) is 6.20 Å². The van der Waals surface area contributed by atoms with E-state index in [1.165, 1.54) is 0 Å². The minimum atomic E-state index is 0.386. The van der Waals surface area contributed by atoms with E-state index in [0.717, 1.165) is 16.8 Å². The van der Waals surface area contributed by atoms with Crippen molar-refractivity contribution in [1.29, 1.82) is 0 Å². The number of hydrogen-bond donors (Lipinski definition) is 1. The van der Waals surface area contributed by atoms with Gasteiger partial charge in [-0.2, -0.15) is 5.10 Å². The van der Waals surface area contributed by atoms with Crippen LogP contribution in [0, 0.1) is 5.92 Å². The molecule has 2 aromatic heterocycles.